The summed E-state index contributed by atoms with van der Waals surface area (Å²) in [7, 11) is 4.34. The number of carbonyl (C=O) groups excluding carboxylic acids is 1. The number of primary amides is 1. The van der Waals surface area contributed by atoms with Crippen molar-refractivity contribution in [2.45, 2.75) is 50.4 Å². The highest BCUT2D eigenvalue weighted by molar-refractivity contribution is 6.30. The molecule has 1 aromatic rings. The van der Waals surface area contributed by atoms with Gasteiger partial charge in [0.05, 0.1) is 11.6 Å². The lowest BCUT2D eigenvalue weighted by Gasteiger charge is -2.34. The number of hydrogen-bond acceptors (Lipinski definition) is 5. The maximum Gasteiger partial charge on any atom is 0.249 e. The van der Waals surface area contributed by atoms with Gasteiger partial charge in [-0.05, 0) is 75.9 Å². The van der Waals surface area contributed by atoms with Gasteiger partial charge >= 0.3 is 0 Å². The van der Waals surface area contributed by atoms with Gasteiger partial charge in [0.25, 0.3) is 0 Å². The van der Waals surface area contributed by atoms with Gasteiger partial charge in [0.15, 0.2) is 0 Å². The molecule has 1 aromatic carbocycles. The molecule has 2 saturated carbocycles. The molecule has 2 unspecified atom stereocenters. The highest BCUT2D eigenvalue weighted by Crippen LogP contribution is 2.59. The Bertz CT molecular complexity index is 739. The van der Waals surface area contributed by atoms with Gasteiger partial charge in [0.1, 0.15) is 6.17 Å². The lowest BCUT2D eigenvalue weighted by molar-refractivity contribution is -0.114. The average molecular weight is 390 g/mol. The molecular weight excluding hydrogens is 362 g/mol. The lowest BCUT2D eigenvalue weighted by atomic mass is 9.82. The van der Waals surface area contributed by atoms with Crippen LogP contribution in [0.25, 0.3) is 0 Å². The minimum absolute atomic E-state index is 0.320. The molecule has 1 spiro atoms. The number of hydrazine groups is 1. The van der Waals surface area contributed by atoms with Crippen LogP contribution in [0.3, 0.4) is 0 Å². The topological polar surface area (TPSA) is 73.6 Å². The van der Waals surface area contributed by atoms with Crippen molar-refractivity contribution in [1.82, 2.24) is 15.3 Å². The number of halogens is 1. The molecule has 0 aromatic heterocycles. The summed E-state index contributed by atoms with van der Waals surface area (Å²) in [4.78, 5) is 14.3. The van der Waals surface area contributed by atoms with E-state index >= 15 is 0 Å². The van der Waals surface area contributed by atoms with Crippen LogP contribution in [0.5, 0.6) is 0 Å². The van der Waals surface area contributed by atoms with E-state index in [2.05, 4.69) is 34.7 Å². The number of nitrogens with one attached hydrogen (secondary N) is 2. The zero-order valence-electron chi connectivity index (χ0n) is 15.9. The minimum Gasteiger partial charge on any atom is -0.366 e. The van der Waals surface area contributed by atoms with Gasteiger partial charge in [0, 0.05) is 23.0 Å². The molecule has 4 rings (SSSR count). The molecule has 3 aliphatic rings. The third kappa shape index (κ3) is 3.66. The predicted molar refractivity (Wildman–Crippen MR) is 108 cm³/mol. The average Bonchev–Trinajstić information content (AvgIpc) is 3.15. The molecule has 0 radical (unpaired) electrons. The van der Waals surface area contributed by atoms with E-state index in [9.17, 15) is 4.79 Å². The smallest absolute Gasteiger partial charge is 0.249 e. The molecule has 27 heavy (non-hydrogen) atoms. The summed E-state index contributed by atoms with van der Waals surface area (Å²) >= 11 is 5.95. The second kappa shape index (κ2) is 7.00. The van der Waals surface area contributed by atoms with Crippen LogP contribution in [-0.2, 0) is 4.79 Å². The molecule has 0 bridgehead atoms. The summed E-state index contributed by atoms with van der Waals surface area (Å²) < 4.78 is 0. The van der Waals surface area contributed by atoms with Crippen LogP contribution in [0, 0.1) is 5.41 Å². The van der Waals surface area contributed by atoms with E-state index in [1.54, 1.807) is 0 Å². The van der Waals surface area contributed by atoms with Crippen LogP contribution in [0.15, 0.2) is 36.0 Å². The van der Waals surface area contributed by atoms with Crippen LogP contribution in [0.4, 0.5) is 5.69 Å². The van der Waals surface area contributed by atoms with Gasteiger partial charge in [0.2, 0.25) is 5.91 Å². The number of carbonyl (C=O) groups is 1. The van der Waals surface area contributed by atoms with Gasteiger partial charge < -0.3 is 21.0 Å². The summed E-state index contributed by atoms with van der Waals surface area (Å²) in [6.45, 7) is 0. The Morgan fingerprint density at radius 2 is 1.96 bits per heavy atom. The number of rotatable bonds is 5. The minimum atomic E-state index is -0.400. The molecule has 6 nitrogen and oxygen atoms in total. The highest BCUT2D eigenvalue weighted by atomic mass is 35.5. The molecule has 1 aliphatic heterocycles. The summed E-state index contributed by atoms with van der Waals surface area (Å²) in [5.41, 5.74) is 10.9. The van der Waals surface area contributed by atoms with Crippen molar-refractivity contribution in [3.63, 3.8) is 0 Å². The fraction of sp³-hybridized carbons (Fsp3) is 0.550. The zero-order valence-corrected chi connectivity index (χ0v) is 16.7. The van der Waals surface area contributed by atoms with Crippen molar-refractivity contribution in [1.29, 1.82) is 0 Å². The lowest BCUT2D eigenvalue weighted by Crippen LogP contribution is -2.45. The Morgan fingerprint density at radius 1 is 1.30 bits per heavy atom. The molecule has 146 valence electrons. The maximum absolute atomic E-state index is 12.0. The Hall–Kier alpha value is -1.76. The van der Waals surface area contributed by atoms with Gasteiger partial charge in [-0.3, -0.25) is 4.79 Å². The first-order chi connectivity index (χ1) is 12.9. The molecule has 2 aliphatic carbocycles. The molecule has 0 saturated heterocycles. The van der Waals surface area contributed by atoms with E-state index in [-0.39, 0.29) is 6.17 Å². The van der Waals surface area contributed by atoms with Crippen LogP contribution in [-0.4, -0.2) is 48.2 Å². The number of hydrogen-bond donors (Lipinski definition) is 3. The Balaban J connectivity index is 1.42. The second-order valence-corrected chi connectivity index (χ2v) is 8.78. The Morgan fingerprint density at radius 3 is 2.56 bits per heavy atom. The van der Waals surface area contributed by atoms with Crippen molar-refractivity contribution in [3.8, 4) is 0 Å². The monoisotopic (exact) mass is 389 g/mol. The second-order valence-electron chi connectivity index (χ2n) is 8.35. The van der Waals surface area contributed by atoms with Gasteiger partial charge in [-0.15, -0.1) is 0 Å². The predicted octanol–water partition coefficient (Wildman–Crippen LogP) is 2.53. The third-order valence-electron chi connectivity index (χ3n) is 6.47. The van der Waals surface area contributed by atoms with E-state index < -0.39 is 5.91 Å². The van der Waals surface area contributed by atoms with Crippen molar-refractivity contribution in [2.24, 2.45) is 11.1 Å². The molecule has 2 atom stereocenters. The van der Waals surface area contributed by atoms with Gasteiger partial charge in [-0.2, -0.15) is 0 Å². The number of benzene rings is 1. The summed E-state index contributed by atoms with van der Waals surface area (Å²) in [5, 5.41) is 6.13. The van der Waals surface area contributed by atoms with Crippen LogP contribution in [0.2, 0.25) is 5.02 Å². The van der Waals surface area contributed by atoms with E-state index in [1.807, 2.05) is 30.5 Å². The van der Waals surface area contributed by atoms with Gasteiger partial charge in [-0.1, -0.05) is 11.6 Å². The Kier molecular flexibility index (Phi) is 4.82. The quantitative estimate of drug-likeness (QED) is 0.721. The Labute approximate surface area is 165 Å². The normalized spacial score (nSPS) is 32.7. The molecule has 7 heteroatoms. The first-order valence-corrected chi connectivity index (χ1v) is 10.0. The van der Waals surface area contributed by atoms with Crippen LogP contribution < -0.4 is 16.5 Å². The van der Waals surface area contributed by atoms with E-state index in [4.69, 9.17) is 17.3 Å². The fourth-order valence-corrected chi connectivity index (χ4v) is 4.77. The zero-order chi connectivity index (χ0) is 19.2. The van der Waals surface area contributed by atoms with Crippen LogP contribution in [0.1, 0.15) is 32.1 Å². The summed E-state index contributed by atoms with van der Waals surface area (Å²) in [6, 6.07) is 8.57. The van der Waals surface area contributed by atoms with Gasteiger partial charge in [-0.25, -0.2) is 5.43 Å². The molecule has 2 fully saturated rings. The molecule has 1 heterocycles. The van der Waals surface area contributed by atoms with E-state index in [0.29, 0.717) is 28.1 Å². The van der Waals surface area contributed by atoms with Crippen LogP contribution >= 0.6 is 11.6 Å². The van der Waals surface area contributed by atoms with Crippen molar-refractivity contribution < 1.29 is 4.79 Å². The van der Waals surface area contributed by atoms with E-state index in [0.717, 1.165) is 5.69 Å². The van der Waals surface area contributed by atoms with Crippen molar-refractivity contribution in [2.75, 3.05) is 19.4 Å². The fourth-order valence-electron chi connectivity index (χ4n) is 4.64. The number of amides is 1. The molecular formula is C20H28ClN5O. The third-order valence-corrected chi connectivity index (χ3v) is 6.72. The number of anilines is 1. The SMILES string of the molecule is CN(C)C1CCC2(CC1)CC2N1C=C(C(N)=O)C(Nc2ccc(Cl)cc2)N1. The summed E-state index contributed by atoms with van der Waals surface area (Å²) in [5.74, 6) is -0.400. The first-order valence-electron chi connectivity index (χ1n) is 9.62. The maximum atomic E-state index is 12.0. The van der Waals surface area contributed by atoms with Crippen molar-refractivity contribution in [3.05, 3.63) is 41.1 Å². The molecule has 4 N–H and O–H groups in total. The number of nitrogens with zero attached hydrogens (tertiary/aromatic N) is 2. The highest BCUT2D eigenvalue weighted by Gasteiger charge is 2.58. The molecule has 1 amide bonds. The van der Waals surface area contributed by atoms with Crippen molar-refractivity contribution >= 4 is 23.2 Å². The standard InChI is InChI=1S/C20H28ClN5O/c1-25(2)15-7-9-20(10-8-15)11-17(20)26-12-16(18(22)27)19(24-26)23-14-5-3-13(21)4-6-14/h3-6,12,15,17,19,23-24H,7-11H2,1-2H3,(H2,22,27). The summed E-state index contributed by atoms with van der Waals surface area (Å²) in [6.07, 6.45) is 7.73. The van der Waals surface area contributed by atoms with E-state index in [1.165, 1.54) is 32.1 Å². The largest absolute Gasteiger partial charge is 0.366 e. The first kappa shape index (κ1) is 18.6. The number of nitrogens with two attached hydrogens (primary N) is 1.